The van der Waals surface area contributed by atoms with E-state index in [4.69, 9.17) is 20.4 Å². The van der Waals surface area contributed by atoms with E-state index >= 15 is 0 Å². The summed E-state index contributed by atoms with van der Waals surface area (Å²) in [6, 6.07) is 0. The fourth-order valence-corrected chi connectivity index (χ4v) is 7.28. The summed E-state index contributed by atoms with van der Waals surface area (Å²) in [7, 11) is 0. The summed E-state index contributed by atoms with van der Waals surface area (Å²) in [6.07, 6.45) is 1.22. The first-order valence-electron chi connectivity index (χ1n) is 13.1. The van der Waals surface area contributed by atoms with Gasteiger partial charge in [0.05, 0.1) is 77.0 Å². The number of aliphatic hydroxyl groups excluding tert-OH is 8. The van der Waals surface area contributed by atoms with Crippen molar-refractivity contribution in [2.75, 3.05) is 98.6 Å². The van der Waals surface area contributed by atoms with Gasteiger partial charge in [-0.1, -0.05) is 0 Å². The van der Waals surface area contributed by atoms with Gasteiger partial charge in [-0.25, -0.2) is 0 Å². The zero-order valence-corrected chi connectivity index (χ0v) is 25.4. The minimum Gasteiger partial charge on any atom is -0.394 e. The topological polar surface area (TPSA) is 162 Å². The van der Waals surface area contributed by atoms with Gasteiger partial charge in [0, 0.05) is 48.7 Å². The third kappa shape index (κ3) is 22.4. The third-order valence-corrected chi connectivity index (χ3v) is 10.6. The second-order valence-corrected chi connectivity index (χ2v) is 13.9. The summed E-state index contributed by atoms with van der Waals surface area (Å²) < 4.78 is 0.957. The number of aliphatic hydroxyl groups is 8. The molecule has 0 radical (unpaired) electrons. The summed E-state index contributed by atoms with van der Waals surface area (Å²) in [6.45, 7) is 3.11. The summed E-state index contributed by atoms with van der Waals surface area (Å²) in [5.74, 6) is 5.71. The molecule has 0 aromatic carbocycles. The van der Waals surface area contributed by atoms with Crippen molar-refractivity contribution in [1.29, 1.82) is 0 Å². The number of hydrogen-bond acceptors (Lipinski definition) is 12. The van der Waals surface area contributed by atoms with Crippen molar-refractivity contribution >= 4 is 47.0 Å². The zero-order chi connectivity index (χ0) is 27.8. The van der Waals surface area contributed by atoms with Gasteiger partial charge >= 0.3 is 0 Å². The van der Waals surface area contributed by atoms with E-state index in [-0.39, 0.29) is 26.4 Å². The van der Waals surface area contributed by atoms with E-state index in [1.807, 2.05) is 0 Å². The molecule has 0 saturated heterocycles. The van der Waals surface area contributed by atoms with Gasteiger partial charge in [-0.05, 0) is 23.0 Å². The molecule has 224 valence electrons. The first-order valence-corrected chi connectivity index (χ1v) is 17.8. The van der Waals surface area contributed by atoms with E-state index in [2.05, 4.69) is 0 Å². The highest BCUT2D eigenvalue weighted by Crippen LogP contribution is 2.20. The number of thioether (sulfide) groups is 4. The van der Waals surface area contributed by atoms with Gasteiger partial charge in [0.2, 0.25) is 0 Å². The van der Waals surface area contributed by atoms with E-state index in [1.54, 1.807) is 47.0 Å². The van der Waals surface area contributed by atoms with Crippen LogP contribution in [0.25, 0.3) is 0 Å². The first-order chi connectivity index (χ1) is 17.8. The summed E-state index contributed by atoms with van der Waals surface area (Å²) >= 11 is 6.61. The van der Waals surface area contributed by atoms with Crippen molar-refractivity contribution in [3.63, 3.8) is 0 Å². The second kappa shape index (κ2) is 26.0. The highest BCUT2D eigenvalue weighted by molar-refractivity contribution is 7.99. The van der Waals surface area contributed by atoms with Crippen molar-refractivity contribution < 1.29 is 45.3 Å². The van der Waals surface area contributed by atoms with Crippen LogP contribution in [0.2, 0.25) is 0 Å². The molecule has 0 aliphatic heterocycles. The standard InChI is InChI=1S/C24H52NO8S4/c26-13-21(30)17-34-9-1-5-25(6-2-10-35-18-22(31)14-27,7-3-11-36-19-23(32)15-28)8-4-12-37-20-24(33)16-29/h21-24,26-33H,1-20H2/q+1. The lowest BCUT2D eigenvalue weighted by molar-refractivity contribution is -0.928. The molecule has 0 aliphatic carbocycles. The Balaban J connectivity index is 5.00. The average molecular weight is 611 g/mol. The van der Waals surface area contributed by atoms with E-state index in [9.17, 15) is 20.4 Å². The van der Waals surface area contributed by atoms with Gasteiger partial charge in [-0.2, -0.15) is 47.0 Å². The molecule has 0 aliphatic rings. The van der Waals surface area contributed by atoms with E-state index < -0.39 is 24.4 Å². The molecule has 13 heteroatoms. The van der Waals surface area contributed by atoms with Crippen LogP contribution in [0, 0.1) is 0 Å². The molecule has 0 aromatic rings. The van der Waals surface area contributed by atoms with E-state index in [0.29, 0.717) is 23.0 Å². The first kappa shape index (κ1) is 38.0. The SMILES string of the molecule is OCC(O)CSCCC[N+](CCCSCC(O)CO)(CCCSCC(O)CO)CCCSCC(O)CO. The maximum Gasteiger partial charge on any atom is 0.0861 e. The van der Waals surface area contributed by atoms with Crippen molar-refractivity contribution in [3.8, 4) is 0 Å². The van der Waals surface area contributed by atoms with Crippen LogP contribution in [-0.2, 0) is 0 Å². The van der Waals surface area contributed by atoms with E-state index in [0.717, 1.165) is 79.4 Å². The Morgan fingerprint density at radius 3 is 0.811 bits per heavy atom. The molecule has 0 bridgehead atoms. The maximum absolute atomic E-state index is 9.61. The fourth-order valence-electron chi connectivity index (χ4n) is 3.77. The third-order valence-electron chi connectivity index (χ3n) is 5.77. The van der Waals surface area contributed by atoms with Gasteiger partial charge < -0.3 is 45.3 Å². The quantitative estimate of drug-likeness (QED) is 0.0432. The van der Waals surface area contributed by atoms with Crippen LogP contribution >= 0.6 is 47.0 Å². The molecule has 0 fully saturated rings. The number of quaternary nitrogens is 1. The molecule has 0 rings (SSSR count). The molecule has 8 N–H and O–H groups in total. The molecule has 4 atom stereocenters. The van der Waals surface area contributed by atoms with Crippen LogP contribution < -0.4 is 0 Å². The van der Waals surface area contributed by atoms with Crippen molar-refractivity contribution in [2.45, 2.75) is 50.1 Å². The Morgan fingerprint density at radius 1 is 0.405 bits per heavy atom. The molecule has 0 amide bonds. The number of nitrogens with zero attached hydrogens (tertiary/aromatic N) is 1. The zero-order valence-electron chi connectivity index (χ0n) is 22.1. The van der Waals surface area contributed by atoms with Crippen LogP contribution in [0.15, 0.2) is 0 Å². The molecule has 0 aromatic heterocycles. The molecular weight excluding hydrogens is 559 g/mol. The Labute approximate surface area is 240 Å². The van der Waals surface area contributed by atoms with Crippen molar-refractivity contribution in [1.82, 2.24) is 0 Å². The second-order valence-electron chi connectivity index (χ2n) is 9.30. The monoisotopic (exact) mass is 610 g/mol. The molecule has 0 spiro atoms. The predicted molar refractivity (Wildman–Crippen MR) is 160 cm³/mol. The fraction of sp³-hybridized carbons (Fsp3) is 1.00. The summed E-state index contributed by atoms with van der Waals surface area (Å²) in [5.41, 5.74) is 0. The Bertz CT molecular complexity index is 416. The van der Waals surface area contributed by atoms with Gasteiger partial charge in [0.15, 0.2) is 0 Å². The summed E-state index contributed by atoms with van der Waals surface area (Å²) in [4.78, 5) is 0. The Hall–Kier alpha value is 1.04. The minimum atomic E-state index is -0.687. The van der Waals surface area contributed by atoms with Gasteiger partial charge in [-0.15, -0.1) is 0 Å². The normalized spacial score (nSPS) is 16.9. The highest BCUT2D eigenvalue weighted by Gasteiger charge is 2.26. The van der Waals surface area contributed by atoms with Crippen molar-refractivity contribution in [2.24, 2.45) is 0 Å². The van der Waals surface area contributed by atoms with Gasteiger partial charge in [0.25, 0.3) is 0 Å². The average Bonchev–Trinajstić information content (AvgIpc) is 2.91. The molecular formula is C24H52NO8S4+. The van der Waals surface area contributed by atoms with Crippen LogP contribution in [-0.4, -0.2) is 168 Å². The van der Waals surface area contributed by atoms with Gasteiger partial charge in [-0.3, -0.25) is 0 Å². The van der Waals surface area contributed by atoms with Crippen LogP contribution in [0.1, 0.15) is 25.7 Å². The van der Waals surface area contributed by atoms with Gasteiger partial charge in [0.1, 0.15) is 0 Å². The highest BCUT2D eigenvalue weighted by atomic mass is 32.2. The predicted octanol–water partition coefficient (Wildman–Crippen LogP) is -0.291. The van der Waals surface area contributed by atoms with Crippen LogP contribution in [0.3, 0.4) is 0 Å². The minimum absolute atomic E-state index is 0.221. The molecule has 9 nitrogen and oxygen atoms in total. The molecule has 0 saturated carbocycles. The lowest BCUT2D eigenvalue weighted by Gasteiger charge is -2.39. The summed E-state index contributed by atoms with van der Waals surface area (Å²) in [5, 5.41) is 74.6. The smallest absolute Gasteiger partial charge is 0.0861 e. The Morgan fingerprint density at radius 2 is 0.622 bits per heavy atom. The lowest BCUT2D eigenvalue weighted by atomic mass is 10.2. The Kier molecular flexibility index (Phi) is 26.7. The maximum atomic E-state index is 9.61. The van der Waals surface area contributed by atoms with E-state index in [1.165, 1.54) is 0 Å². The number of rotatable bonds is 28. The largest absolute Gasteiger partial charge is 0.394 e. The molecule has 4 unspecified atom stereocenters. The lowest BCUT2D eigenvalue weighted by Crippen LogP contribution is -2.51. The number of hydrogen-bond donors (Lipinski definition) is 8. The molecule has 0 heterocycles. The van der Waals surface area contributed by atoms with Crippen LogP contribution in [0.4, 0.5) is 0 Å². The molecule has 37 heavy (non-hydrogen) atoms. The van der Waals surface area contributed by atoms with Crippen LogP contribution in [0.5, 0.6) is 0 Å². The van der Waals surface area contributed by atoms with Crippen molar-refractivity contribution in [3.05, 3.63) is 0 Å².